The van der Waals surface area contributed by atoms with E-state index in [4.69, 9.17) is 4.42 Å². The summed E-state index contributed by atoms with van der Waals surface area (Å²) < 4.78 is 71.0. The Morgan fingerprint density at radius 1 is 1.07 bits per heavy atom. The van der Waals surface area contributed by atoms with Crippen molar-refractivity contribution in [2.24, 2.45) is 5.92 Å². The Kier molecular flexibility index (Phi) is 5.46. The molecule has 4 rings (SSSR count). The van der Waals surface area contributed by atoms with Crippen molar-refractivity contribution >= 4 is 27.1 Å². The van der Waals surface area contributed by atoms with Gasteiger partial charge in [-0.3, -0.25) is 0 Å². The van der Waals surface area contributed by atoms with Gasteiger partial charge in [-0.15, -0.1) is 0 Å². The minimum absolute atomic E-state index is 0.120. The van der Waals surface area contributed by atoms with Gasteiger partial charge < -0.3 is 9.32 Å². The number of sulfonamides is 1. The molecule has 0 amide bonds. The third-order valence-electron chi connectivity index (χ3n) is 5.22. The topological polar surface area (TPSA) is 75.4 Å². The van der Waals surface area contributed by atoms with Crippen LogP contribution < -0.4 is 9.62 Å². The van der Waals surface area contributed by atoms with Gasteiger partial charge in [-0.25, -0.2) is 13.1 Å². The predicted octanol–water partition coefficient (Wildman–Crippen LogP) is 4.04. The molecule has 30 heavy (non-hydrogen) atoms. The minimum atomic E-state index is -4.50. The maximum absolute atomic E-state index is 12.6. The maximum Gasteiger partial charge on any atom is 0.416 e. The number of oxazole rings is 1. The molecule has 0 unspecified atom stereocenters. The summed E-state index contributed by atoms with van der Waals surface area (Å²) in [7, 11) is -3.87. The quantitative estimate of drug-likeness (QED) is 0.649. The highest BCUT2D eigenvalue weighted by atomic mass is 32.2. The van der Waals surface area contributed by atoms with E-state index in [0.29, 0.717) is 19.1 Å². The Hall–Kier alpha value is -2.59. The average molecular weight is 439 g/mol. The van der Waals surface area contributed by atoms with Gasteiger partial charge in [0.15, 0.2) is 5.58 Å². The van der Waals surface area contributed by atoms with Gasteiger partial charge in [-0.1, -0.05) is 12.1 Å². The van der Waals surface area contributed by atoms with E-state index in [1.165, 1.54) is 0 Å². The van der Waals surface area contributed by atoms with Gasteiger partial charge in [-0.05, 0) is 55.2 Å². The van der Waals surface area contributed by atoms with Crippen LogP contribution in [0, 0.1) is 5.92 Å². The summed E-state index contributed by atoms with van der Waals surface area (Å²) in [6.07, 6.45) is -3.01. The highest BCUT2D eigenvalue weighted by Gasteiger charge is 2.31. The number of anilines is 1. The zero-order valence-electron chi connectivity index (χ0n) is 15.9. The molecule has 6 nitrogen and oxygen atoms in total. The molecule has 1 aliphatic rings. The zero-order valence-corrected chi connectivity index (χ0v) is 16.7. The van der Waals surface area contributed by atoms with E-state index in [9.17, 15) is 21.6 Å². The number of hydrogen-bond acceptors (Lipinski definition) is 5. The zero-order chi connectivity index (χ0) is 21.4. The first-order valence-electron chi connectivity index (χ1n) is 9.50. The molecular weight excluding hydrogens is 419 g/mol. The number of nitrogens with zero attached hydrogens (tertiary/aromatic N) is 2. The number of halogens is 3. The predicted molar refractivity (Wildman–Crippen MR) is 106 cm³/mol. The Bertz CT molecular complexity index is 1090. The molecule has 3 aromatic rings. The first-order valence-corrected chi connectivity index (χ1v) is 11.0. The number of hydrogen-bond donors (Lipinski definition) is 1. The molecule has 2 heterocycles. The largest absolute Gasteiger partial charge is 0.423 e. The second-order valence-electron chi connectivity index (χ2n) is 7.27. The first kappa shape index (κ1) is 20.7. The molecule has 1 aromatic heterocycles. The maximum atomic E-state index is 12.6. The lowest BCUT2D eigenvalue weighted by atomic mass is 9.97. The molecule has 1 fully saturated rings. The van der Waals surface area contributed by atoms with E-state index < -0.39 is 21.8 Å². The fourth-order valence-electron chi connectivity index (χ4n) is 3.46. The molecule has 2 aromatic carbocycles. The van der Waals surface area contributed by atoms with Crippen molar-refractivity contribution in [3.8, 4) is 0 Å². The van der Waals surface area contributed by atoms with Crippen molar-refractivity contribution in [1.29, 1.82) is 0 Å². The highest BCUT2D eigenvalue weighted by molar-refractivity contribution is 7.89. The van der Waals surface area contributed by atoms with Crippen LogP contribution in [0.4, 0.5) is 19.2 Å². The normalized spacial score (nSPS) is 16.3. The van der Waals surface area contributed by atoms with Crippen molar-refractivity contribution in [3.63, 3.8) is 0 Å². The number of aromatic nitrogens is 1. The summed E-state index contributed by atoms with van der Waals surface area (Å²) in [6.45, 7) is 1.59. The molecule has 1 N–H and O–H groups in total. The molecule has 0 spiro atoms. The minimum Gasteiger partial charge on any atom is -0.423 e. The highest BCUT2D eigenvalue weighted by Crippen LogP contribution is 2.30. The van der Waals surface area contributed by atoms with Gasteiger partial charge >= 0.3 is 6.18 Å². The lowest BCUT2D eigenvalue weighted by Crippen LogP contribution is -2.38. The number of fused-ring (bicyclic) bond motifs is 1. The van der Waals surface area contributed by atoms with E-state index in [1.807, 2.05) is 29.2 Å². The average Bonchev–Trinajstić information content (AvgIpc) is 3.16. The molecule has 160 valence electrons. The number of para-hydroxylation sites is 2. The Morgan fingerprint density at radius 2 is 1.73 bits per heavy atom. The Balaban J connectivity index is 1.32. The number of nitrogens with one attached hydrogen (secondary N) is 1. The molecule has 10 heteroatoms. The summed E-state index contributed by atoms with van der Waals surface area (Å²) in [5, 5.41) is 0. The molecule has 0 atom stereocenters. The molecule has 0 radical (unpaired) electrons. The lowest BCUT2D eigenvalue weighted by Gasteiger charge is -2.30. The van der Waals surface area contributed by atoms with E-state index in [2.05, 4.69) is 9.71 Å². The van der Waals surface area contributed by atoms with Gasteiger partial charge in [0.1, 0.15) is 5.52 Å². The summed E-state index contributed by atoms with van der Waals surface area (Å²) in [5.74, 6) is 0.120. The van der Waals surface area contributed by atoms with Crippen LogP contribution in [0.2, 0.25) is 0 Å². The van der Waals surface area contributed by atoms with Crippen LogP contribution in [0.3, 0.4) is 0 Å². The van der Waals surface area contributed by atoms with Crippen LogP contribution in [0.1, 0.15) is 18.4 Å². The van der Waals surface area contributed by atoms with Crippen LogP contribution in [0.15, 0.2) is 57.8 Å². The third kappa shape index (κ3) is 4.44. The second-order valence-corrected chi connectivity index (χ2v) is 9.04. The second kappa shape index (κ2) is 7.92. The number of rotatable bonds is 5. The molecule has 1 aliphatic heterocycles. The third-order valence-corrected chi connectivity index (χ3v) is 6.66. The molecule has 0 bridgehead atoms. The van der Waals surface area contributed by atoms with Gasteiger partial charge in [-0.2, -0.15) is 18.2 Å². The van der Waals surface area contributed by atoms with Crippen LogP contribution >= 0.6 is 0 Å². The van der Waals surface area contributed by atoms with Crippen molar-refractivity contribution < 1.29 is 26.0 Å². The lowest BCUT2D eigenvalue weighted by molar-refractivity contribution is -0.137. The van der Waals surface area contributed by atoms with E-state index in [-0.39, 0.29) is 17.4 Å². The van der Waals surface area contributed by atoms with E-state index in [0.717, 1.165) is 48.2 Å². The van der Waals surface area contributed by atoms with Gasteiger partial charge in [0.2, 0.25) is 10.0 Å². The first-order chi connectivity index (χ1) is 14.2. The number of alkyl halides is 3. The number of piperidine rings is 1. The van der Waals surface area contributed by atoms with Gasteiger partial charge in [0.05, 0.1) is 10.5 Å². The SMILES string of the molecule is O=S(=O)(NCC1CCN(c2nc3ccccc3o2)CC1)c1ccc(C(F)(F)F)cc1. The van der Waals surface area contributed by atoms with E-state index in [1.54, 1.807) is 0 Å². The van der Waals surface area contributed by atoms with Gasteiger partial charge in [0, 0.05) is 19.6 Å². The summed E-state index contributed by atoms with van der Waals surface area (Å²) >= 11 is 0. The van der Waals surface area contributed by atoms with Crippen molar-refractivity contribution in [1.82, 2.24) is 9.71 Å². The van der Waals surface area contributed by atoms with Crippen molar-refractivity contribution in [2.75, 3.05) is 24.5 Å². The Morgan fingerprint density at radius 3 is 2.37 bits per heavy atom. The molecule has 0 aliphatic carbocycles. The summed E-state index contributed by atoms with van der Waals surface area (Å²) in [5.41, 5.74) is 0.630. The van der Waals surface area contributed by atoms with Crippen LogP contribution in [0.25, 0.3) is 11.1 Å². The fourth-order valence-corrected chi connectivity index (χ4v) is 4.57. The van der Waals surface area contributed by atoms with Crippen LogP contribution in [-0.2, 0) is 16.2 Å². The smallest absolute Gasteiger partial charge is 0.416 e. The monoisotopic (exact) mass is 439 g/mol. The summed E-state index contributed by atoms with van der Waals surface area (Å²) in [4.78, 5) is 6.33. The number of benzene rings is 2. The van der Waals surface area contributed by atoms with E-state index >= 15 is 0 Å². The summed E-state index contributed by atoms with van der Waals surface area (Å²) in [6, 6.07) is 11.6. The van der Waals surface area contributed by atoms with Crippen molar-refractivity contribution in [3.05, 3.63) is 54.1 Å². The molecular formula is C20H20F3N3O3S. The van der Waals surface area contributed by atoms with Crippen LogP contribution in [-0.4, -0.2) is 33.0 Å². The standard InChI is InChI=1S/C20H20F3N3O3S/c21-20(22,23)15-5-7-16(8-6-15)30(27,28)24-13-14-9-11-26(12-10-14)19-25-17-3-1-2-4-18(17)29-19/h1-8,14,24H,9-13H2. The fraction of sp³-hybridized carbons (Fsp3) is 0.350. The molecule has 0 saturated carbocycles. The van der Waals surface area contributed by atoms with Gasteiger partial charge in [0.25, 0.3) is 6.01 Å². The van der Waals surface area contributed by atoms with Crippen molar-refractivity contribution in [2.45, 2.75) is 23.9 Å². The van der Waals surface area contributed by atoms with Crippen LogP contribution in [0.5, 0.6) is 0 Å². The Labute approximate surface area is 171 Å². The molecule has 1 saturated heterocycles.